The lowest BCUT2D eigenvalue weighted by Gasteiger charge is -2.38. The predicted octanol–water partition coefficient (Wildman–Crippen LogP) is 5.20. The summed E-state index contributed by atoms with van der Waals surface area (Å²) in [5.41, 5.74) is 2.77. The summed E-state index contributed by atoms with van der Waals surface area (Å²) >= 11 is 0. The predicted molar refractivity (Wildman–Crippen MR) is 122 cm³/mol. The maximum absolute atomic E-state index is 12.7. The van der Waals surface area contributed by atoms with E-state index in [4.69, 9.17) is 9.73 Å². The van der Waals surface area contributed by atoms with Crippen molar-refractivity contribution < 1.29 is 14.6 Å². The molecular formula is C26H24N2O3. The van der Waals surface area contributed by atoms with Gasteiger partial charge in [-0.3, -0.25) is 0 Å². The number of nitrogens with one attached hydrogen (secondary N) is 1. The van der Waals surface area contributed by atoms with Crippen molar-refractivity contribution in [2.45, 2.75) is 19.4 Å². The lowest BCUT2D eigenvalue weighted by atomic mass is 9.76. The summed E-state index contributed by atoms with van der Waals surface area (Å²) in [6.45, 7) is 3.39. The smallest absolute Gasteiger partial charge is 0.345 e. The zero-order valence-corrected chi connectivity index (χ0v) is 17.5. The normalized spacial score (nSPS) is 15.1. The van der Waals surface area contributed by atoms with Crippen LogP contribution in [0.15, 0.2) is 101 Å². The van der Waals surface area contributed by atoms with Crippen LogP contribution in [0.5, 0.6) is 0 Å². The quantitative estimate of drug-likeness (QED) is 0.343. The molecule has 0 aliphatic carbocycles. The van der Waals surface area contributed by atoms with Crippen molar-refractivity contribution in [3.05, 3.63) is 113 Å². The number of ether oxygens (including phenoxy) is 1. The highest BCUT2D eigenvalue weighted by Crippen LogP contribution is 2.46. The van der Waals surface area contributed by atoms with Crippen LogP contribution < -0.4 is 5.32 Å². The molecule has 1 heterocycles. The second-order valence-corrected chi connectivity index (χ2v) is 7.25. The van der Waals surface area contributed by atoms with E-state index in [1.165, 1.54) is 6.92 Å². The van der Waals surface area contributed by atoms with E-state index in [1.807, 2.05) is 84.9 Å². The van der Waals surface area contributed by atoms with Crippen molar-refractivity contribution >= 4 is 17.5 Å². The first-order valence-electron chi connectivity index (χ1n) is 10.2. The van der Waals surface area contributed by atoms with E-state index in [9.17, 15) is 9.90 Å². The fourth-order valence-corrected chi connectivity index (χ4v) is 3.99. The SMILES string of the molecule is CCOC(=O)/C(C1=NC(c2ccccc2)(c2ccccc2)c2ccccc2N1)=C(\C)O. The highest BCUT2D eigenvalue weighted by atomic mass is 16.5. The first-order chi connectivity index (χ1) is 15.1. The van der Waals surface area contributed by atoms with Gasteiger partial charge in [0.2, 0.25) is 0 Å². The molecule has 0 saturated carbocycles. The lowest BCUT2D eigenvalue weighted by molar-refractivity contribution is -0.138. The van der Waals surface area contributed by atoms with Gasteiger partial charge in [-0.05, 0) is 31.0 Å². The number of amidine groups is 1. The molecule has 156 valence electrons. The molecule has 0 radical (unpaired) electrons. The molecule has 4 rings (SSSR count). The molecule has 1 aliphatic rings. The highest BCUT2D eigenvalue weighted by molar-refractivity contribution is 6.25. The lowest BCUT2D eigenvalue weighted by Crippen LogP contribution is -2.38. The minimum absolute atomic E-state index is 0.0209. The summed E-state index contributed by atoms with van der Waals surface area (Å²) in [5.74, 6) is -0.507. The van der Waals surface area contributed by atoms with Crippen molar-refractivity contribution in [1.29, 1.82) is 0 Å². The van der Waals surface area contributed by atoms with Gasteiger partial charge in [0.1, 0.15) is 22.7 Å². The number of carbonyl (C=O) groups is 1. The Kier molecular flexibility index (Phi) is 5.58. The molecule has 0 amide bonds. The second-order valence-electron chi connectivity index (χ2n) is 7.25. The Labute approximate surface area is 181 Å². The van der Waals surface area contributed by atoms with Crippen molar-refractivity contribution in [2.75, 3.05) is 11.9 Å². The Balaban J connectivity index is 2.07. The van der Waals surface area contributed by atoms with Crippen LogP contribution in [-0.2, 0) is 15.1 Å². The first-order valence-corrected chi connectivity index (χ1v) is 10.2. The zero-order valence-electron chi connectivity index (χ0n) is 17.5. The number of aliphatic imine (C=N–C) groups is 1. The largest absolute Gasteiger partial charge is 0.512 e. The first kappa shape index (κ1) is 20.4. The fraction of sp³-hybridized carbons (Fsp3) is 0.154. The van der Waals surface area contributed by atoms with Crippen LogP contribution in [-0.4, -0.2) is 23.5 Å². The van der Waals surface area contributed by atoms with Gasteiger partial charge in [0.25, 0.3) is 0 Å². The van der Waals surface area contributed by atoms with Crippen LogP contribution in [0, 0.1) is 0 Å². The van der Waals surface area contributed by atoms with E-state index in [-0.39, 0.29) is 23.8 Å². The minimum atomic E-state index is -0.910. The fourth-order valence-electron chi connectivity index (χ4n) is 3.99. The van der Waals surface area contributed by atoms with E-state index in [2.05, 4.69) is 5.32 Å². The van der Waals surface area contributed by atoms with Gasteiger partial charge in [0, 0.05) is 11.3 Å². The molecule has 5 nitrogen and oxygen atoms in total. The van der Waals surface area contributed by atoms with Gasteiger partial charge in [0.15, 0.2) is 0 Å². The van der Waals surface area contributed by atoms with E-state index < -0.39 is 11.5 Å². The third-order valence-corrected chi connectivity index (χ3v) is 5.31. The molecule has 0 unspecified atom stereocenters. The molecule has 1 aliphatic heterocycles. The molecule has 2 N–H and O–H groups in total. The maximum Gasteiger partial charge on any atom is 0.345 e. The number of benzene rings is 3. The average molecular weight is 412 g/mol. The van der Waals surface area contributed by atoms with E-state index in [0.29, 0.717) is 0 Å². The summed E-state index contributed by atoms with van der Waals surface area (Å²) < 4.78 is 5.21. The summed E-state index contributed by atoms with van der Waals surface area (Å²) in [7, 11) is 0. The summed E-state index contributed by atoms with van der Waals surface area (Å²) in [5, 5.41) is 13.6. The topological polar surface area (TPSA) is 70.9 Å². The van der Waals surface area contributed by atoms with E-state index in [1.54, 1.807) is 6.92 Å². The van der Waals surface area contributed by atoms with Crippen LogP contribution in [0.1, 0.15) is 30.5 Å². The molecule has 5 heteroatoms. The van der Waals surface area contributed by atoms with Crippen molar-refractivity contribution in [3.63, 3.8) is 0 Å². The Morgan fingerprint density at radius 2 is 1.48 bits per heavy atom. The summed E-state index contributed by atoms with van der Waals surface area (Å²) in [4.78, 5) is 17.8. The highest BCUT2D eigenvalue weighted by Gasteiger charge is 2.42. The number of nitrogens with zero attached hydrogens (tertiary/aromatic N) is 1. The second kappa shape index (κ2) is 8.48. The average Bonchev–Trinajstić information content (AvgIpc) is 2.79. The van der Waals surface area contributed by atoms with Crippen molar-refractivity contribution in [1.82, 2.24) is 0 Å². The van der Waals surface area contributed by atoms with Gasteiger partial charge in [0.05, 0.1) is 6.61 Å². The number of aliphatic hydroxyl groups is 1. The number of hydrogen-bond donors (Lipinski definition) is 2. The number of fused-ring (bicyclic) bond motifs is 1. The standard InChI is InChI=1S/C26H24N2O3/c1-3-31-25(30)23(18(2)29)24-27-22-17-11-10-16-21(22)26(28-24,19-12-6-4-7-13-19)20-14-8-5-9-15-20/h4-17,29H,3H2,1-2H3,(H,27,28)/b23-18+. The number of rotatable bonds is 5. The molecular weight excluding hydrogens is 388 g/mol. The zero-order chi connectivity index (χ0) is 21.8. The van der Waals surface area contributed by atoms with Gasteiger partial charge in [-0.25, -0.2) is 9.79 Å². The Hall–Kier alpha value is -3.86. The summed E-state index contributed by atoms with van der Waals surface area (Å²) in [6, 6.07) is 27.8. The molecule has 0 aromatic heterocycles. The van der Waals surface area contributed by atoms with Crippen LogP contribution in [0.25, 0.3) is 0 Å². The van der Waals surface area contributed by atoms with Gasteiger partial charge in [-0.15, -0.1) is 0 Å². The molecule has 0 spiro atoms. The van der Waals surface area contributed by atoms with Crippen LogP contribution in [0.2, 0.25) is 0 Å². The van der Waals surface area contributed by atoms with E-state index >= 15 is 0 Å². The molecule has 0 fully saturated rings. The van der Waals surface area contributed by atoms with E-state index in [0.717, 1.165) is 22.4 Å². The monoisotopic (exact) mass is 412 g/mol. The van der Waals surface area contributed by atoms with Crippen molar-refractivity contribution in [3.8, 4) is 0 Å². The number of anilines is 1. The van der Waals surface area contributed by atoms with Crippen molar-refractivity contribution in [2.24, 2.45) is 4.99 Å². The number of allylic oxidation sites excluding steroid dienone is 1. The molecule has 3 aromatic rings. The molecule has 0 bridgehead atoms. The third-order valence-electron chi connectivity index (χ3n) is 5.31. The van der Waals surface area contributed by atoms with Crippen LogP contribution in [0.4, 0.5) is 5.69 Å². The molecule has 31 heavy (non-hydrogen) atoms. The molecule has 0 saturated heterocycles. The van der Waals surface area contributed by atoms with Gasteiger partial charge < -0.3 is 15.2 Å². The van der Waals surface area contributed by atoms with Gasteiger partial charge >= 0.3 is 5.97 Å². The van der Waals surface area contributed by atoms with Crippen LogP contribution in [0.3, 0.4) is 0 Å². The van der Waals surface area contributed by atoms with Crippen LogP contribution >= 0.6 is 0 Å². The number of para-hydroxylation sites is 1. The molecule has 0 atom stereocenters. The Bertz CT molecular complexity index is 1110. The number of esters is 1. The Morgan fingerprint density at radius 1 is 0.935 bits per heavy atom. The minimum Gasteiger partial charge on any atom is -0.512 e. The number of carbonyl (C=O) groups excluding carboxylic acids is 1. The molecule has 3 aromatic carbocycles. The number of aliphatic hydroxyl groups excluding tert-OH is 1. The Morgan fingerprint density at radius 3 is 2.03 bits per heavy atom. The van der Waals surface area contributed by atoms with Gasteiger partial charge in [-0.1, -0.05) is 78.9 Å². The maximum atomic E-state index is 12.7. The summed E-state index contributed by atoms with van der Waals surface area (Å²) in [6.07, 6.45) is 0. The number of hydrogen-bond acceptors (Lipinski definition) is 5. The third kappa shape index (κ3) is 3.59. The van der Waals surface area contributed by atoms with Gasteiger partial charge in [-0.2, -0.15) is 0 Å².